The van der Waals surface area contributed by atoms with Gasteiger partial charge < -0.3 is 9.30 Å². The molecule has 0 bridgehead atoms. The third-order valence-corrected chi connectivity index (χ3v) is 5.25. The van der Waals surface area contributed by atoms with E-state index in [1.54, 1.807) is 0 Å². The maximum Gasteiger partial charge on any atom is 0.281 e. The van der Waals surface area contributed by atoms with Crippen molar-refractivity contribution in [3.05, 3.63) is 106 Å². The minimum atomic E-state index is -0.163. The number of rotatable bonds is 4. The van der Waals surface area contributed by atoms with Crippen molar-refractivity contribution in [1.82, 2.24) is 9.55 Å². The van der Waals surface area contributed by atoms with Crippen molar-refractivity contribution in [2.75, 3.05) is 0 Å². The molecular formula is C25H20N2O2. The summed E-state index contributed by atoms with van der Waals surface area (Å²) < 4.78 is 8.00. The molecule has 0 aliphatic carbocycles. The molecule has 0 saturated carbocycles. The van der Waals surface area contributed by atoms with E-state index >= 15 is 0 Å². The Labute approximate surface area is 168 Å². The molecule has 0 N–H and O–H groups in total. The van der Waals surface area contributed by atoms with Crippen LogP contribution in [0.4, 0.5) is 0 Å². The Morgan fingerprint density at radius 2 is 1.69 bits per heavy atom. The van der Waals surface area contributed by atoms with Gasteiger partial charge in [0.1, 0.15) is 18.2 Å². The predicted octanol–water partition coefficient (Wildman–Crippen LogP) is 4.92. The summed E-state index contributed by atoms with van der Waals surface area (Å²) in [5, 5.41) is 0.678. The number of hydrogen-bond donors (Lipinski definition) is 0. The highest BCUT2D eigenvalue weighted by molar-refractivity contribution is 5.85. The van der Waals surface area contributed by atoms with Crippen molar-refractivity contribution in [3.63, 3.8) is 0 Å². The molecule has 1 aliphatic heterocycles. The first-order valence-electron chi connectivity index (χ1n) is 9.75. The zero-order valence-corrected chi connectivity index (χ0v) is 15.9. The molecule has 0 saturated heterocycles. The van der Waals surface area contributed by atoms with E-state index in [0.29, 0.717) is 12.0 Å². The second kappa shape index (κ2) is 7.40. The third kappa shape index (κ3) is 3.45. The van der Waals surface area contributed by atoms with E-state index in [1.807, 2.05) is 66.7 Å². The zero-order valence-electron chi connectivity index (χ0n) is 15.9. The van der Waals surface area contributed by atoms with Crippen LogP contribution in [0.2, 0.25) is 0 Å². The predicted molar refractivity (Wildman–Crippen MR) is 116 cm³/mol. The number of nitrogens with zero attached hydrogens (tertiary/aromatic N) is 2. The normalized spacial score (nSPS) is 14.3. The molecule has 0 fully saturated rings. The van der Waals surface area contributed by atoms with Gasteiger partial charge in [0.2, 0.25) is 0 Å². The fourth-order valence-electron chi connectivity index (χ4n) is 3.78. The van der Waals surface area contributed by atoms with E-state index in [4.69, 9.17) is 4.74 Å². The standard InChI is InChI=1S/C25H20N2O2/c28-25-22-8-4-5-9-23(22)27-15-14-20(24(27)26-25)16-18-10-12-21(13-11-18)29-17-19-6-2-1-3-7-19/h1-13,16H,14-15,17H2. The van der Waals surface area contributed by atoms with Crippen molar-refractivity contribution in [1.29, 1.82) is 0 Å². The van der Waals surface area contributed by atoms with E-state index < -0.39 is 0 Å². The maximum atomic E-state index is 12.4. The van der Waals surface area contributed by atoms with Crippen molar-refractivity contribution in [2.24, 2.45) is 0 Å². The molecule has 1 aliphatic rings. The first-order valence-corrected chi connectivity index (χ1v) is 9.75. The minimum absolute atomic E-state index is 0.163. The number of para-hydroxylation sites is 1. The Hall–Kier alpha value is -3.66. The Kier molecular flexibility index (Phi) is 4.45. The summed E-state index contributed by atoms with van der Waals surface area (Å²) in [5.74, 6) is 1.61. The van der Waals surface area contributed by atoms with Crippen LogP contribution in [0.25, 0.3) is 22.6 Å². The minimum Gasteiger partial charge on any atom is -0.489 e. The highest BCUT2D eigenvalue weighted by Crippen LogP contribution is 2.29. The van der Waals surface area contributed by atoms with E-state index in [9.17, 15) is 4.79 Å². The van der Waals surface area contributed by atoms with Gasteiger partial charge in [0.25, 0.3) is 5.56 Å². The van der Waals surface area contributed by atoms with Crippen molar-refractivity contribution in [2.45, 2.75) is 19.6 Å². The Bertz CT molecular complexity index is 1260. The summed E-state index contributed by atoms with van der Waals surface area (Å²) in [7, 11) is 0. The molecule has 0 amide bonds. The SMILES string of the molecule is O=c1nc2n(c3ccccc13)CCC2=Cc1ccc(OCc2ccccc2)cc1. The Balaban J connectivity index is 1.39. The van der Waals surface area contributed by atoms with Crippen LogP contribution in [0.5, 0.6) is 5.75 Å². The lowest BCUT2D eigenvalue weighted by Crippen LogP contribution is -2.14. The van der Waals surface area contributed by atoms with Crippen molar-refractivity contribution >= 4 is 22.6 Å². The van der Waals surface area contributed by atoms with Gasteiger partial charge in [-0.15, -0.1) is 0 Å². The van der Waals surface area contributed by atoms with Crippen LogP contribution < -0.4 is 10.3 Å². The van der Waals surface area contributed by atoms with Gasteiger partial charge in [0.05, 0.1) is 10.9 Å². The fraction of sp³-hybridized carbons (Fsp3) is 0.120. The monoisotopic (exact) mass is 380 g/mol. The summed E-state index contributed by atoms with van der Waals surface area (Å²) in [5.41, 5.74) is 4.10. The maximum absolute atomic E-state index is 12.4. The largest absolute Gasteiger partial charge is 0.489 e. The average molecular weight is 380 g/mol. The summed E-state index contributed by atoms with van der Waals surface area (Å²) in [6.45, 7) is 1.39. The quantitative estimate of drug-likeness (QED) is 0.505. The number of fused-ring (bicyclic) bond motifs is 3. The molecule has 4 nitrogen and oxygen atoms in total. The lowest BCUT2D eigenvalue weighted by Gasteiger charge is -2.08. The third-order valence-electron chi connectivity index (χ3n) is 5.25. The van der Waals surface area contributed by atoms with E-state index in [0.717, 1.165) is 46.8 Å². The first kappa shape index (κ1) is 17.4. The first-order chi connectivity index (χ1) is 14.3. The average Bonchev–Trinajstić information content (AvgIpc) is 3.17. The molecule has 5 rings (SSSR count). The van der Waals surface area contributed by atoms with Crippen LogP contribution in [0, 0.1) is 0 Å². The van der Waals surface area contributed by atoms with Gasteiger partial charge in [-0.25, -0.2) is 0 Å². The number of benzene rings is 3. The topological polar surface area (TPSA) is 44.1 Å². The van der Waals surface area contributed by atoms with Gasteiger partial charge in [-0.3, -0.25) is 4.79 Å². The van der Waals surface area contributed by atoms with Crippen LogP contribution >= 0.6 is 0 Å². The van der Waals surface area contributed by atoms with Crippen LogP contribution in [-0.2, 0) is 13.2 Å². The van der Waals surface area contributed by atoms with Crippen LogP contribution in [-0.4, -0.2) is 9.55 Å². The summed E-state index contributed by atoms with van der Waals surface area (Å²) in [6, 6.07) is 25.8. The number of hydrogen-bond acceptors (Lipinski definition) is 3. The summed E-state index contributed by atoms with van der Waals surface area (Å²) in [6.07, 6.45) is 2.98. The van der Waals surface area contributed by atoms with Crippen LogP contribution in [0.3, 0.4) is 0 Å². The molecule has 0 spiro atoms. The van der Waals surface area contributed by atoms with Gasteiger partial charge in [-0.1, -0.05) is 54.6 Å². The molecule has 0 radical (unpaired) electrons. The highest BCUT2D eigenvalue weighted by atomic mass is 16.5. The number of ether oxygens (including phenoxy) is 1. The molecule has 4 heteroatoms. The van der Waals surface area contributed by atoms with E-state index in [1.165, 1.54) is 0 Å². The van der Waals surface area contributed by atoms with Crippen LogP contribution in [0.1, 0.15) is 23.4 Å². The lowest BCUT2D eigenvalue weighted by atomic mass is 10.1. The zero-order chi connectivity index (χ0) is 19.6. The number of allylic oxidation sites excluding steroid dienone is 1. The van der Waals surface area contributed by atoms with Crippen LogP contribution in [0.15, 0.2) is 83.7 Å². The molecule has 3 aromatic carbocycles. The molecule has 2 heterocycles. The second-order valence-electron chi connectivity index (χ2n) is 7.17. The van der Waals surface area contributed by atoms with Crippen molar-refractivity contribution < 1.29 is 4.74 Å². The van der Waals surface area contributed by atoms with E-state index in [2.05, 4.69) is 27.8 Å². The Morgan fingerprint density at radius 3 is 2.52 bits per heavy atom. The smallest absolute Gasteiger partial charge is 0.281 e. The molecule has 29 heavy (non-hydrogen) atoms. The highest BCUT2D eigenvalue weighted by Gasteiger charge is 2.20. The van der Waals surface area contributed by atoms with Gasteiger partial charge in [0.15, 0.2) is 0 Å². The van der Waals surface area contributed by atoms with E-state index in [-0.39, 0.29) is 5.56 Å². The summed E-state index contributed by atoms with van der Waals surface area (Å²) >= 11 is 0. The van der Waals surface area contributed by atoms with Gasteiger partial charge >= 0.3 is 0 Å². The molecule has 0 unspecified atom stereocenters. The molecular weight excluding hydrogens is 360 g/mol. The fourth-order valence-corrected chi connectivity index (χ4v) is 3.78. The molecule has 1 aromatic heterocycles. The molecule has 0 atom stereocenters. The molecule has 4 aromatic rings. The summed E-state index contributed by atoms with van der Waals surface area (Å²) in [4.78, 5) is 16.8. The van der Waals surface area contributed by atoms with Gasteiger partial charge in [-0.05, 0) is 53.5 Å². The Morgan fingerprint density at radius 1 is 0.931 bits per heavy atom. The lowest BCUT2D eigenvalue weighted by molar-refractivity contribution is 0.306. The number of aromatic nitrogens is 2. The van der Waals surface area contributed by atoms with Gasteiger partial charge in [0, 0.05) is 6.54 Å². The number of aryl methyl sites for hydroxylation is 1. The second-order valence-corrected chi connectivity index (χ2v) is 7.17. The molecule has 142 valence electrons. The van der Waals surface area contributed by atoms with Gasteiger partial charge in [-0.2, -0.15) is 4.98 Å². The van der Waals surface area contributed by atoms with Crippen molar-refractivity contribution in [3.8, 4) is 5.75 Å².